The predicted octanol–water partition coefficient (Wildman–Crippen LogP) is 4.72. The summed E-state index contributed by atoms with van der Waals surface area (Å²) in [5.41, 5.74) is 0.825. The van der Waals surface area contributed by atoms with Crippen molar-refractivity contribution in [2.45, 2.75) is 30.0 Å². The molecule has 108 valence electrons. The highest BCUT2D eigenvalue weighted by atomic mass is 32.2. The Kier molecular flexibility index (Phi) is 3.71. The molecule has 2 aliphatic carbocycles. The minimum absolute atomic E-state index is 0.367. The number of halogens is 3. The Balaban J connectivity index is 1.65. The van der Waals surface area contributed by atoms with Gasteiger partial charge in [0.1, 0.15) is 0 Å². The zero-order chi connectivity index (χ0) is 14.2. The molecule has 1 N–H and O–H groups in total. The van der Waals surface area contributed by atoms with E-state index in [1.165, 1.54) is 0 Å². The smallest absolute Gasteiger partial charge is 0.381 e. The van der Waals surface area contributed by atoms with Gasteiger partial charge in [-0.3, -0.25) is 0 Å². The molecule has 3 rings (SSSR count). The summed E-state index contributed by atoms with van der Waals surface area (Å²) in [6.45, 7) is 0. The number of thioether (sulfide) groups is 1. The fourth-order valence-corrected chi connectivity index (χ4v) is 3.73. The van der Waals surface area contributed by atoms with Gasteiger partial charge in [0.2, 0.25) is 0 Å². The molecule has 0 aliphatic heterocycles. The van der Waals surface area contributed by atoms with Gasteiger partial charge >= 0.3 is 6.18 Å². The predicted molar refractivity (Wildman–Crippen MR) is 76.0 cm³/mol. The van der Waals surface area contributed by atoms with Crippen molar-refractivity contribution in [1.82, 2.24) is 0 Å². The summed E-state index contributed by atoms with van der Waals surface area (Å²) in [7, 11) is 0. The number of anilines is 1. The van der Waals surface area contributed by atoms with Gasteiger partial charge < -0.3 is 5.32 Å². The quantitative estimate of drug-likeness (QED) is 0.638. The molecule has 1 aromatic rings. The Hall–Kier alpha value is -1.10. The molecule has 0 amide bonds. The van der Waals surface area contributed by atoms with Crippen LogP contribution in [0.4, 0.5) is 18.9 Å². The zero-order valence-electron chi connectivity index (χ0n) is 10.9. The van der Waals surface area contributed by atoms with Crippen molar-refractivity contribution in [3.63, 3.8) is 0 Å². The fraction of sp³-hybridized carbons (Fsp3) is 0.467. The zero-order valence-corrected chi connectivity index (χ0v) is 11.7. The maximum absolute atomic E-state index is 12.3. The Bertz CT molecular complexity index is 512. The summed E-state index contributed by atoms with van der Waals surface area (Å²) in [5, 5.41) is 3.42. The van der Waals surface area contributed by atoms with Crippen LogP contribution in [0.15, 0.2) is 41.3 Å². The van der Waals surface area contributed by atoms with Crippen molar-refractivity contribution in [2.24, 2.45) is 11.8 Å². The second-order valence-electron chi connectivity index (χ2n) is 5.39. The Morgan fingerprint density at radius 3 is 2.80 bits per heavy atom. The number of hydrogen-bond acceptors (Lipinski definition) is 2. The van der Waals surface area contributed by atoms with Crippen molar-refractivity contribution in [2.75, 3.05) is 11.1 Å². The molecule has 1 fully saturated rings. The number of rotatable bonds is 4. The highest BCUT2D eigenvalue weighted by Gasteiger charge is 2.41. The first kappa shape index (κ1) is 13.9. The van der Waals surface area contributed by atoms with Gasteiger partial charge in [-0.15, -0.1) is 11.8 Å². The number of allylic oxidation sites excluding steroid dienone is 1. The molecule has 0 heterocycles. The van der Waals surface area contributed by atoms with Crippen LogP contribution in [-0.4, -0.2) is 18.0 Å². The topological polar surface area (TPSA) is 12.0 Å². The molecule has 1 aromatic carbocycles. The van der Waals surface area contributed by atoms with Crippen molar-refractivity contribution < 1.29 is 13.2 Å². The van der Waals surface area contributed by atoms with Crippen LogP contribution in [0.3, 0.4) is 0 Å². The third-order valence-electron chi connectivity index (χ3n) is 3.98. The van der Waals surface area contributed by atoms with Gasteiger partial charge in [-0.05, 0) is 30.9 Å². The Labute approximate surface area is 120 Å². The molecule has 5 heteroatoms. The lowest BCUT2D eigenvalue weighted by Crippen LogP contribution is -2.43. The molecule has 1 nitrogen and oxygen atoms in total. The minimum atomic E-state index is -4.13. The first-order chi connectivity index (χ1) is 9.53. The van der Waals surface area contributed by atoms with E-state index in [1.54, 1.807) is 12.1 Å². The van der Waals surface area contributed by atoms with Gasteiger partial charge in [-0.25, -0.2) is 0 Å². The summed E-state index contributed by atoms with van der Waals surface area (Å²) in [5.74, 6) is 0.445. The molecule has 0 radical (unpaired) electrons. The van der Waals surface area contributed by atoms with Crippen molar-refractivity contribution in [1.29, 1.82) is 0 Å². The lowest BCUT2D eigenvalue weighted by molar-refractivity contribution is -0.105. The van der Waals surface area contributed by atoms with E-state index < -0.39 is 11.9 Å². The fourth-order valence-electron chi connectivity index (χ4n) is 2.95. The van der Waals surface area contributed by atoms with Crippen LogP contribution in [0.1, 0.15) is 12.8 Å². The summed E-state index contributed by atoms with van der Waals surface area (Å²) in [6, 6.07) is 7.62. The number of nitrogens with one attached hydrogen (secondary N) is 1. The number of fused-ring (bicyclic) bond motifs is 1. The van der Waals surface area contributed by atoms with Crippen LogP contribution in [0, 0.1) is 11.8 Å². The summed E-state index contributed by atoms with van der Waals surface area (Å²) in [4.78, 5) is 0.676. The van der Waals surface area contributed by atoms with E-state index in [4.69, 9.17) is 0 Å². The molecule has 20 heavy (non-hydrogen) atoms. The van der Waals surface area contributed by atoms with E-state index in [1.807, 2.05) is 12.1 Å². The van der Waals surface area contributed by atoms with Gasteiger partial charge in [0.15, 0.2) is 0 Å². The summed E-state index contributed by atoms with van der Waals surface area (Å²) >= 11 is 0.850. The molecule has 0 aromatic heterocycles. The number of benzene rings is 1. The van der Waals surface area contributed by atoms with Gasteiger partial charge in [-0.2, -0.15) is 13.2 Å². The molecule has 0 saturated heterocycles. The molecule has 3 unspecified atom stereocenters. The third kappa shape index (κ3) is 2.97. The van der Waals surface area contributed by atoms with Crippen molar-refractivity contribution in [3.8, 4) is 0 Å². The second kappa shape index (κ2) is 5.35. The van der Waals surface area contributed by atoms with Crippen LogP contribution in [0.2, 0.25) is 0 Å². The van der Waals surface area contributed by atoms with Crippen LogP contribution in [0.5, 0.6) is 0 Å². The van der Waals surface area contributed by atoms with E-state index >= 15 is 0 Å². The van der Waals surface area contributed by atoms with Crippen molar-refractivity contribution in [3.05, 3.63) is 36.4 Å². The normalized spacial score (nSPS) is 28.1. The van der Waals surface area contributed by atoms with Gasteiger partial charge in [-0.1, -0.05) is 24.3 Å². The maximum Gasteiger partial charge on any atom is 0.398 e. The van der Waals surface area contributed by atoms with Gasteiger partial charge in [0.05, 0.1) is 5.75 Å². The van der Waals surface area contributed by atoms with E-state index in [0.717, 1.165) is 36.2 Å². The monoisotopic (exact) mass is 299 g/mol. The van der Waals surface area contributed by atoms with Gasteiger partial charge in [0.25, 0.3) is 0 Å². The minimum Gasteiger partial charge on any atom is -0.381 e. The highest BCUT2D eigenvalue weighted by molar-refractivity contribution is 7.99. The first-order valence-electron chi connectivity index (χ1n) is 6.75. The van der Waals surface area contributed by atoms with Gasteiger partial charge in [0, 0.05) is 22.5 Å². The maximum atomic E-state index is 12.3. The Morgan fingerprint density at radius 1 is 1.25 bits per heavy atom. The van der Waals surface area contributed by atoms with E-state index in [9.17, 15) is 13.2 Å². The summed E-state index contributed by atoms with van der Waals surface area (Å²) in [6.07, 6.45) is 2.56. The molecule has 2 aliphatic rings. The lowest BCUT2D eigenvalue weighted by Gasteiger charge is -2.41. The molecular weight excluding hydrogens is 283 g/mol. The van der Waals surface area contributed by atoms with E-state index in [2.05, 4.69) is 17.5 Å². The van der Waals surface area contributed by atoms with Crippen molar-refractivity contribution >= 4 is 17.4 Å². The standard InChI is InChI=1S/C15H16F3NS/c16-15(17,18)9-20-14-7-2-1-6-12(14)19-13-8-10-4-3-5-11(10)13/h1-3,5-7,10-11,13,19H,4,8-9H2. The number of para-hydroxylation sites is 1. The van der Waals surface area contributed by atoms with Crippen LogP contribution >= 0.6 is 11.8 Å². The van der Waals surface area contributed by atoms with Crippen LogP contribution in [-0.2, 0) is 0 Å². The second-order valence-corrected chi connectivity index (χ2v) is 6.41. The largest absolute Gasteiger partial charge is 0.398 e. The number of alkyl halides is 3. The number of hydrogen-bond donors (Lipinski definition) is 1. The summed E-state index contributed by atoms with van der Waals surface area (Å²) < 4.78 is 37.0. The van der Waals surface area contributed by atoms with E-state index in [-0.39, 0.29) is 0 Å². The molecule has 1 saturated carbocycles. The molecular formula is C15H16F3NS. The first-order valence-corrected chi connectivity index (χ1v) is 7.73. The average Bonchev–Trinajstić information content (AvgIpc) is 2.75. The molecule has 0 spiro atoms. The lowest BCUT2D eigenvalue weighted by atomic mass is 9.71. The average molecular weight is 299 g/mol. The molecule has 3 atom stereocenters. The molecule has 0 bridgehead atoms. The highest BCUT2D eigenvalue weighted by Crippen LogP contribution is 2.45. The Morgan fingerprint density at radius 2 is 2.05 bits per heavy atom. The van der Waals surface area contributed by atoms with E-state index in [0.29, 0.717) is 16.9 Å². The SMILES string of the molecule is FC(F)(F)CSc1ccccc1NC1CC2CC=CC21. The van der Waals surface area contributed by atoms with Crippen LogP contribution in [0.25, 0.3) is 0 Å². The van der Waals surface area contributed by atoms with Crippen LogP contribution < -0.4 is 5.32 Å². The third-order valence-corrected chi connectivity index (χ3v) is 5.12.